The molecule has 2 unspecified atom stereocenters. The van der Waals surface area contributed by atoms with E-state index >= 15 is 0 Å². The van der Waals surface area contributed by atoms with Gasteiger partial charge in [-0.25, -0.2) is 0 Å². The van der Waals surface area contributed by atoms with Gasteiger partial charge in [0.05, 0.1) is 12.1 Å². The van der Waals surface area contributed by atoms with E-state index in [4.69, 9.17) is 5.73 Å². The fourth-order valence-electron chi connectivity index (χ4n) is 3.32. The number of ketones is 1. The Labute approximate surface area is 167 Å². The number of hydrogen-bond donors (Lipinski definition) is 3. The standard InChI is InChI=1S/C20H34N4O4/c1-5-7-13(15(25)18(27)22-12-9-10-12)23-17(26)14-8-6-11-24(14)19(28)16(21)20(2,3)4/h12-14,16H,5-11,21H2,1-4H3,(H,22,27)(H,23,26)/t13?,14?,16-/m1/s1. The lowest BCUT2D eigenvalue weighted by Crippen LogP contribution is -2.57. The highest BCUT2D eigenvalue weighted by Gasteiger charge is 2.40. The van der Waals surface area contributed by atoms with Gasteiger partial charge in [-0.15, -0.1) is 0 Å². The van der Waals surface area contributed by atoms with Crippen molar-refractivity contribution in [3.63, 3.8) is 0 Å². The number of rotatable bonds is 8. The molecule has 0 spiro atoms. The van der Waals surface area contributed by atoms with Crippen LogP contribution >= 0.6 is 0 Å². The summed E-state index contributed by atoms with van der Waals surface area (Å²) in [5.41, 5.74) is 5.68. The number of carbonyl (C=O) groups excluding carboxylic acids is 4. The number of hydrogen-bond acceptors (Lipinski definition) is 5. The van der Waals surface area contributed by atoms with Crippen LogP contribution in [0.4, 0.5) is 0 Å². The van der Waals surface area contributed by atoms with Gasteiger partial charge in [-0.1, -0.05) is 34.1 Å². The summed E-state index contributed by atoms with van der Waals surface area (Å²) < 4.78 is 0. The Morgan fingerprint density at radius 2 is 1.79 bits per heavy atom. The predicted octanol–water partition coefficient (Wildman–Crippen LogP) is 0.483. The first-order valence-electron chi connectivity index (χ1n) is 10.3. The van der Waals surface area contributed by atoms with E-state index in [2.05, 4.69) is 10.6 Å². The lowest BCUT2D eigenvalue weighted by Gasteiger charge is -2.33. The van der Waals surface area contributed by atoms with Gasteiger partial charge in [-0.2, -0.15) is 0 Å². The summed E-state index contributed by atoms with van der Waals surface area (Å²) in [7, 11) is 0. The van der Waals surface area contributed by atoms with Crippen LogP contribution in [0.15, 0.2) is 0 Å². The quantitative estimate of drug-likeness (QED) is 0.517. The monoisotopic (exact) mass is 394 g/mol. The molecule has 1 saturated heterocycles. The zero-order chi connectivity index (χ0) is 21.1. The summed E-state index contributed by atoms with van der Waals surface area (Å²) in [6.07, 6.45) is 4.03. The number of nitrogens with zero attached hydrogens (tertiary/aromatic N) is 1. The van der Waals surface area contributed by atoms with Gasteiger partial charge >= 0.3 is 0 Å². The van der Waals surface area contributed by atoms with Crippen molar-refractivity contribution in [3.8, 4) is 0 Å². The minimum atomic E-state index is -0.870. The maximum absolute atomic E-state index is 12.8. The molecule has 3 atom stereocenters. The molecule has 2 rings (SSSR count). The molecular weight excluding hydrogens is 360 g/mol. The van der Waals surface area contributed by atoms with Gasteiger partial charge < -0.3 is 21.3 Å². The molecule has 0 aromatic rings. The van der Waals surface area contributed by atoms with E-state index < -0.39 is 41.1 Å². The molecule has 0 radical (unpaired) electrons. The summed E-state index contributed by atoms with van der Waals surface area (Å²) in [6, 6.07) is -2.15. The van der Waals surface area contributed by atoms with E-state index in [1.807, 2.05) is 27.7 Å². The number of amides is 3. The molecule has 28 heavy (non-hydrogen) atoms. The van der Waals surface area contributed by atoms with E-state index in [1.165, 1.54) is 4.90 Å². The van der Waals surface area contributed by atoms with Gasteiger partial charge in [0.25, 0.3) is 5.91 Å². The SMILES string of the molecule is CCCC(NC(=O)C1CCCN1C(=O)[C@@H](N)C(C)(C)C)C(=O)C(=O)NC1CC1. The Morgan fingerprint density at radius 3 is 2.32 bits per heavy atom. The van der Waals surface area contributed by atoms with Crippen LogP contribution in [-0.4, -0.2) is 59.1 Å². The zero-order valence-electron chi connectivity index (χ0n) is 17.4. The maximum Gasteiger partial charge on any atom is 0.289 e. The van der Waals surface area contributed by atoms with Crippen LogP contribution in [0.5, 0.6) is 0 Å². The molecule has 2 aliphatic rings. The van der Waals surface area contributed by atoms with E-state index in [-0.39, 0.29) is 11.9 Å². The van der Waals surface area contributed by atoms with E-state index in [0.29, 0.717) is 32.2 Å². The molecule has 1 saturated carbocycles. The number of nitrogens with one attached hydrogen (secondary N) is 2. The van der Waals surface area contributed by atoms with Crippen molar-refractivity contribution in [2.75, 3.05) is 6.54 Å². The molecule has 8 heteroatoms. The first-order chi connectivity index (χ1) is 13.1. The topological polar surface area (TPSA) is 122 Å². The van der Waals surface area contributed by atoms with Crippen molar-refractivity contribution in [2.24, 2.45) is 11.1 Å². The average molecular weight is 395 g/mol. The van der Waals surface area contributed by atoms with Crippen LogP contribution in [-0.2, 0) is 19.2 Å². The molecule has 1 aliphatic carbocycles. The molecule has 1 heterocycles. The third kappa shape index (κ3) is 5.53. The van der Waals surface area contributed by atoms with E-state index in [9.17, 15) is 19.2 Å². The predicted molar refractivity (Wildman–Crippen MR) is 105 cm³/mol. The highest BCUT2D eigenvalue weighted by atomic mass is 16.2. The van der Waals surface area contributed by atoms with Crippen molar-refractivity contribution in [1.29, 1.82) is 0 Å². The fraction of sp³-hybridized carbons (Fsp3) is 0.800. The van der Waals surface area contributed by atoms with Gasteiger partial charge in [-0.05, 0) is 37.5 Å². The Bertz CT molecular complexity index is 624. The molecule has 158 valence electrons. The molecule has 2 fully saturated rings. The molecule has 1 aliphatic heterocycles. The fourth-order valence-corrected chi connectivity index (χ4v) is 3.32. The lowest BCUT2D eigenvalue weighted by atomic mass is 9.86. The smallest absolute Gasteiger partial charge is 0.289 e. The van der Waals surface area contributed by atoms with Crippen molar-refractivity contribution in [2.45, 2.75) is 90.4 Å². The first-order valence-corrected chi connectivity index (χ1v) is 10.3. The van der Waals surface area contributed by atoms with Crippen LogP contribution in [0.25, 0.3) is 0 Å². The highest BCUT2D eigenvalue weighted by Crippen LogP contribution is 2.24. The molecule has 0 bridgehead atoms. The minimum Gasteiger partial charge on any atom is -0.347 e. The van der Waals surface area contributed by atoms with Crippen LogP contribution < -0.4 is 16.4 Å². The Kier molecular flexibility index (Phi) is 7.20. The Balaban J connectivity index is 2.03. The maximum atomic E-state index is 12.8. The number of likely N-dealkylation sites (tertiary alicyclic amines) is 1. The van der Waals surface area contributed by atoms with Crippen LogP contribution in [0.3, 0.4) is 0 Å². The second-order valence-corrected chi connectivity index (χ2v) is 9.00. The number of carbonyl (C=O) groups is 4. The van der Waals surface area contributed by atoms with Crippen molar-refractivity contribution < 1.29 is 19.2 Å². The van der Waals surface area contributed by atoms with Gasteiger partial charge in [0, 0.05) is 12.6 Å². The molecule has 8 nitrogen and oxygen atoms in total. The zero-order valence-corrected chi connectivity index (χ0v) is 17.4. The Morgan fingerprint density at radius 1 is 1.14 bits per heavy atom. The largest absolute Gasteiger partial charge is 0.347 e. The summed E-state index contributed by atoms with van der Waals surface area (Å²) in [4.78, 5) is 51.7. The highest BCUT2D eigenvalue weighted by molar-refractivity contribution is 6.38. The van der Waals surface area contributed by atoms with Gasteiger partial charge in [0.1, 0.15) is 6.04 Å². The molecule has 3 amide bonds. The molecular formula is C20H34N4O4. The van der Waals surface area contributed by atoms with Gasteiger partial charge in [0.2, 0.25) is 17.6 Å². The summed E-state index contributed by atoms with van der Waals surface area (Å²) >= 11 is 0. The van der Waals surface area contributed by atoms with E-state index in [0.717, 1.165) is 12.8 Å². The van der Waals surface area contributed by atoms with E-state index in [1.54, 1.807) is 0 Å². The van der Waals surface area contributed by atoms with Crippen molar-refractivity contribution in [3.05, 3.63) is 0 Å². The summed E-state index contributed by atoms with van der Waals surface area (Å²) in [5.74, 6) is -1.91. The van der Waals surface area contributed by atoms with Gasteiger partial charge in [-0.3, -0.25) is 19.2 Å². The number of Topliss-reactive ketones (excluding diaryl/α,β-unsaturated/α-hetero) is 1. The molecule has 0 aromatic carbocycles. The summed E-state index contributed by atoms with van der Waals surface area (Å²) in [6.45, 7) is 8.01. The normalized spacial score (nSPS) is 21.8. The van der Waals surface area contributed by atoms with Crippen LogP contribution in [0.1, 0.15) is 66.2 Å². The second-order valence-electron chi connectivity index (χ2n) is 9.00. The lowest BCUT2D eigenvalue weighted by molar-refractivity contribution is -0.143. The third-order valence-electron chi connectivity index (χ3n) is 5.38. The van der Waals surface area contributed by atoms with Crippen molar-refractivity contribution >= 4 is 23.5 Å². The van der Waals surface area contributed by atoms with Crippen molar-refractivity contribution in [1.82, 2.24) is 15.5 Å². The second kappa shape index (κ2) is 9.03. The third-order valence-corrected chi connectivity index (χ3v) is 5.38. The minimum absolute atomic E-state index is 0.0799. The van der Waals surface area contributed by atoms with Crippen LogP contribution in [0, 0.1) is 5.41 Å². The summed E-state index contributed by atoms with van der Waals surface area (Å²) in [5, 5.41) is 5.39. The average Bonchev–Trinajstić information content (AvgIpc) is 3.30. The number of nitrogens with two attached hydrogens (primary N) is 1. The first kappa shape index (κ1) is 22.3. The Hall–Kier alpha value is -1.96. The van der Waals surface area contributed by atoms with Gasteiger partial charge in [0.15, 0.2) is 0 Å². The molecule has 4 N–H and O–H groups in total. The van der Waals surface area contributed by atoms with Crippen LogP contribution in [0.2, 0.25) is 0 Å². The molecule has 0 aromatic heterocycles.